The molecule has 2 rings (SSSR count). The molecule has 0 heterocycles. The zero-order valence-corrected chi connectivity index (χ0v) is 13.0. The first-order valence-electron chi connectivity index (χ1n) is 6.94. The SMILES string of the molecule is CC(C)NCc1ccc(SCc2c(F)cccc2F)cc1. The highest BCUT2D eigenvalue weighted by atomic mass is 32.2. The normalized spacial score (nSPS) is 11.1. The third-order valence-electron chi connectivity index (χ3n) is 3.08. The van der Waals surface area contributed by atoms with E-state index in [1.54, 1.807) is 0 Å². The van der Waals surface area contributed by atoms with Gasteiger partial charge >= 0.3 is 0 Å². The molecule has 2 aromatic carbocycles. The van der Waals surface area contributed by atoms with Gasteiger partial charge in [-0.25, -0.2) is 8.78 Å². The van der Waals surface area contributed by atoms with Crippen molar-refractivity contribution in [2.75, 3.05) is 0 Å². The maximum Gasteiger partial charge on any atom is 0.130 e. The number of hydrogen-bond acceptors (Lipinski definition) is 2. The highest BCUT2D eigenvalue weighted by Crippen LogP contribution is 2.25. The van der Waals surface area contributed by atoms with Crippen LogP contribution in [0.15, 0.2) is 47.4 Å². The summed E-state index contributed by atoms with van der Waals surface area (Å²) in [5.41, 5.74) is 1.33. The van der Waals surface area contributed by atoms with Gasteiger partial charge in [-0.1, -0.05) is 32.0 Å². The van der Waals surface area contributed by atoms with Crippen LogP contribution in [0.5, 0.6) is 0 Å². The van der Waals surface area contributed by atoms with E-state index < -0.39 is 11.6 Å². The molecule has 0 radical (unpaired) electrons. The lowest BCUT2D eigenvalue weighted by Gasteiger charge is -2.09. The largest absolute Gasteiger partial charge is 0.310 e. The minimum absolute atomic E-state index is 0.132. The van der Waals surface area contributed by atoms with Crippen molar-refractivity contribution in [2.45, 2.75) is 37.1 Å². The lowest BCUT2D eigenvalue weighted by Crippen LogP contribution is -2.21. The number of nitrogens with one attached hydrogen (secondary N) is 1. The number of thioether (sulfide) groups is 1. The summed E-state index contributed by atoms with van der Waals surface area (Å²) in [6, 6.07) is 12.5. The van der Waals surface area contributed by atoms with E-state index in [1.165, 1.54) is 35.5 Å². The smallest absolute Gasteiger partial charge is 0.130 e. The summed E-state index contributed by atoms with van der Waals surface area (Å²) in [6.45, 7) is 5.03. The second-order valence-electron chi connectivity index (χ2n) is 5.17. The van der Waals surface area contributed by atoms with Crippen LogP contribution in [-0.2, 0) is 12.3 Å². The molecule has 0 unspecified atom stereocenters. The van der Waals surface area contributed by atoms with Crippen LogP contribution in [0.2, 0.25) is 0 Å². The minimum Gasteiger partial charge on any atom is -0.310 e. The minimum atomic E-state index is -0.486. The Morgan fingerprint density at radius 1 is 1.00 bits per heavy atom. The second kappa shape index (κ2) is 7.57. The number of rotatable bonds is 6. The molecule has 1 nitrogen and oxygen atoms in total. The van der Waals surface area contributed by atoms with Gasteiger partial charge < -0.3 is 5.32 Å². The van der Waals surface area contributed by atoms with Crippen LogP contribution in [0.3, 0.4) is 0 Å². The Hall–Kier alpha value is -1.39. The van der Waals surface area contributed by atoms with Crippen molar-refractivity contribution >= 4 is 11.8 Å². The highest BCUT2D eigenvalue weighted by molar-refractivity contribution is 7.98. The number of benzene rings is 2. The van der Waals surface area contributed by atoms with E-state index >= 15 is 0 Å². The van der Waals surface area contributed by atoms with Gasteiger partial charge in [0.1, 0.15) is 11.6 Å². The van der Waals surface area contributed by atoms with Gasteiger partial charge in [0, 0.05) is 28.8 Å². The Morgan fingerprint density at radius 3 is 2.19 bits per heavy atom. The molecule has 1 N–H and O–H groups in total. The van der Waals surface area contributed by atoms with E-state index in [4.69, 9.17) is 0 Å². The van der Waals surface area contributed by atoms with Crippen LogP contribution in [0.4, 0.5) is 8.78 Å². The molecule has 21 heavy (non-hydrogen) atoms. The first-order chi connectivity index (χ1) is 10.1. The summed E-state index contributed by atoms with van der Waals surface area (Å²) < 4.78 is 27.1. The van der Waals surface area contributed by atoms with Gasteiger partial charge in [0.05, 0.1) is 0 Å². The molecule has 0 saturated heterocycles. The fourth-order valence-corrected chi connectivity index (χ4v) is 2.77. The Morgan fingerprint density at radius 2 is 1.62 bits per heavy atom. The van der Waals surface area contributed by atoms with Crippen LogP contribution < -0.4 is 5.32 Å². The van der Waals surface area contributed by atoms with Crippen LogP contribution in [0.25, 0.3) is 0 Å². The second-order valence-corrected chi connectivity index (χ2v) is 6.22. The highest BCUT2D eigenvalue weighted by Gasteiger charge is 2.08. The summed E-state index contributed by atoms with van der Waals surface area (Å²) in [5.74, 6) is -0.678. The molecular formula is C17H19F2NS. The lowest BCUT2D eigenvalue weighted by molar-refractivity contribution is 0.566. The first-order valence-corrected chi connectivity index (χ1v) is 7.93. The molecular weight excluding hydrogens is 288 g/mol. The summed E-state index contributed by atoms with van der Waals surface area (Å²) >= 11 is 1.43. The molecule has 2 aromatic rings. The summed E-state index contributed by atoms with van der Waals surface area (Å²) in [4.78, 5) is 1.01. The molecule has 0 fully saturated rings. The van der Waals surface area contributed by atoms with Gasteiger partial charge in [0.25, 0.3) is 0 Å². The molecule has 4 heteroatoms. The van der Waals surface area contributed by atoms with Crippen molar-refractivity contribution in [1.82, 2.24) is 5.32 Å². The molecule has 112 valence electrons. The van der Waals surface area contributed by atoms with Gasteiger partial charge in [0.15, 0.2) is 0 Å². The maximum absolute atomic E-state index is 13.5. The lowest BCUT2D eigenvalue weighted by atomic mass is 10.2. The quantitative estimate of drug-likeness (QED) is 0.773. The Balaban J connectivity index is 1.95. The topological polar surface area (TPSA) is 12.0 Å². The van der Waals surface area contributed by atoms with E-state index in [0.717, 1.165) is 11.4 Å². The van der Waals surface area contributed by atoms with Crippen molar-refractivity contribution < 1.29 is 8.78 Å². The third kappa shape index (κ3) is 4.83. The molecule has 0 aliphatic carbocycles. The van der Waals surface area contributed by atoms with E-state index in [1.807, 2.05) is 24.3 Å². The maximum atomic E-state index is 13.5. The van der Waals surface area contributed by atoms with Crippen molar-refractivity contribution in [3.05, 3.63) is 65.2 Å². The average Bonchev–Trinajstić information content (AvgIpc) is 2.46. The van der Waals surface area contributed by atoms with E-state index in [2.05, 4.69) is 19.2 Å². The van der Waals surface area contributed by atoms with Crippen LogP contribution in [-0.4, -0.2) is 6.04 Å². The Bertz CT molecular complexity index is 562. The van der Waals surface area contributed by atoms with Crippen molar-refractivity contribution in [3.8, 4) is 0 Å². The number of halogens is 2. The Kier molecular flexibility index (Phi) is 5.76. The van der Waals surface area contributed by atoms with Crippen LogP contribution >= 0.6 is 11.8 Å². The van der Waals surface area contributed by atoms with Gasteiger partial charge in [0.2, 0.25) is 0 Å². The molecule has 0 spiro atoms. The molecule has 0 amide bonds. The van der Waals surface area contributed by atoms with Gasteiger partial charge in [-0.05, 0) is 29.8 Å². The molecule has 0 saturated carbocycles. The molecule has 0 aliphatic heterocycles. The molecule has 0 aliphatic rings. The van der Waals surface area contributed by atoms with Gasteiger partial charge in [-0.2, -0.15) is 0 Å². The summed E-state index contributed by atoms with van der Waals surface area (Å²) in [6.07, 6.45) is 0. The first kappa shape index (κ1) is 16.0. The molecule has 0 bridgehead atoms. The number of hydrogen-bond donors (Lipinski definition) is 1. The molecule has 0 atom stereocenters. The Labute approximate surface area is 128 Å². The fourth-order valence-electron chi connectivity index (χ4n) is 1.85. The zero-order chi connectivity index (χ0) is 15.2. The zero-order valence-electron chi connectivity index (χ0n) is 12.2. The standard InChI is InChI=1S/C17H19F2NS/c1-12(2)20-10-13-6-8-14(9-7-13)21-11-15-16(18)4-3-5-17(15)19/h3-9,12,20H,10-11H2,1-2H3. The van der Waals surface area contributed by atoms with Crippen LogP contribution in [0.1, 0.15) is 25.0 Å². The average molecular weight is 307 g/mol. The summed E-state index contributed by atoms with van der Waals surface area (Å²) in [7, 11) is 0. The summed E-state index contributed by atoms with van der Waals surface area (Å²) in [5, 5.41) is 3.35. The van der Waals surface area contributed by atoms with E-state index in [-0.39, 0.29) is 5.56 Å². The van der Waals surface area contributed by atoms with Crippen molar-refractivity contribution in [3.63, 3.8) is 0 Å². The van der Waals surface area contributed by atoms with E-state index in [9.17, 15) is 8.78 Å². The third-order valence-corrected chi connectivity index (χ3v) is 4.12. The van der Waals surface area contributed by atoms with Crippen molar-refractivity contribution in [1.29, 1.82) is 0 Å². The molecule has 0 aromatic heterocycles. The van der Waals surface area contributed by atoms with Crippen molar-refractivity contribution in [2.24, 2.45) is 0 Å². The van der Waals surface area contributed by atoms with Gasteiger partial charge in [-0.3, -0.25) is 0 Å². The van der Waals surface area contributed by atoms with Crippen LogP contribution in [0, 0.1) is 11.6 Å². The predicted molar refractivity (Wildman–Crippen MR) is 84.3 cm³/mol. The fraction of sp³-hybridized carbons (Fsp3) is 0.294. The monoisotopic (exact) mass is 307 g/mol. The van der Waals surface area contributed by atoms with Gasteiger partial charge in [-0.15, -0.1) is 11.8 Å². The predicted octanol–water partition coefficient (Wildman–Crippen LogP) is 4.76. The van der Waals surface area contributed by atoms with E-state index in [0.29, 0.717) is 11.8 Å².